The first-order valence-corrected chi connectivity index (χ1v) is 12.9. The quantitative estimate of drug-likeness (QED) is 0.274. The van der Waals surface area contributed by atoms with E-state index in [0.29, 0.717) is 23.1 Å². The lowest BCUT2D eigenvalue weighted by atomic mass is 9.93. The van der Waals surface area contributed by atoms with Crippen LogP contribution in [0.1, 0.15) is 28.4 Å². The lowest BCUT2D eigenvalue weighted by molar-refractivity contribution is 0.597. The van der Waals surface area contributed by atoms with E-state index >= 15 is 4.39 Å². The molecular weight excluding hydrogens is 487 g/mol. The average molecular weight is 513 g/mol. The highest BCUT2D eigenvalue weighted by Crippen LogP contribution is 2.48. The van der Waals surface area contributed by atoms with E-state index in [2.05, 4.69) is 17.1 Å². The van der Waals surface area contributed by atoms with Gasteiger partial charge in [-0.1, -0.05) is 66.2 Å². The van der Waals surface area contributed by atoms with E-state index < -0.39 is 6.04 Å². The number of fused-ring (bicyclic) bond motifs is 4. The fourth-order valence-electron chi connectivity index (χ4n) is 5.31. The summed E-state index contributed by atoms with van der Waals surface area (Å²) in [5.41, 5.74) is 6.78. The molecule has 0 radical (unpaired) electrons. The Morgan fingerprint density at radius 1 is 0.769 bits per heavy atom. The van der Waals surface area contributed by atoms with Crippen LogP contribution >= 0.6 is 0 Å². The standard InChI is InChI=1S/C32H25FN6/c1-20-16-18-22(19-17-20)34-30-32-36-31-28(21(2)37-39(31)23-10-4-3-5-11-23)29(24-12-6-7-13-25(24)33)38(32)27-15-9-8-14-26(27)35-30/h3-19,29H,1-2H3,(H,34,35)/t29-/m0/s1. The summed E-state index contributed by atoms with van der Waals surface area (Å²) < 4.78 is 17.4. The number of nitrogens with one attached hydrogen (secondary N) is 1. The molecule has 5 aromatic rings. The van der Waals surface area contributed by atoms with Crippen molar-refractivity contribution in [3.63, 3.8) is 0 Å². The van der Waals surface area contributed by atoms with Crippen LogP contribution in [0.5, 0.6) is 0 Å². The van der Waals surface area contributed by atoms with Crippen molar-refractivity contribution in [2.24, 2.45) is 9.98 Å². The number of aryl methyl sites for hydroxylation is 2. The van der Waals surface area contributed by atoms with Crippen molar-refractivity contribution in [1.29, 1.82) is 0 Å². The summed E-state index contributed by atoms with van der Waals surface area (Å²) in [6.07, 6.45) is 0. The second kappa shape index (κ2) is 9.06. The molecule has 0 unspecified atom stereocenters. The Morgan fingerprint density at radius 3 is 2.28 bits per heavy atom. The van der Waals surface area contributed by atoms with Crippen molar-refractivity contribution < 1.29 is 4.39 Å². The Balaban J connectivity index is 1.51. The minimum absolute atomic E-state index is 0.283. The molecule has 7 rings (SSSR count). The van der Waals surface area contributed by atoms with Crippen LogP contribution in [0.4, 0.5) is 27.3 Å². The van der Waals surface area contributed by atoms with E-state index in [-0.39, 0.29) is 5.82 Å². The first-order chi connectivity index (χ1) is 19.1. The van der Waals surface area contributed by atoms with Gasteiger partial charge in [0.2, 0.25) is 0 Å². The zero-order valence-electron chi connectivity index (χ0n) is 21.5. The van der Waals surface area contributed by atoms with Crippen LogP contribution < -0.4 is 10.2 Å². The van der Waals surface area contributed by atoms with Gasteiger partial charge in [-0.2, -0.15) is 5.10 Å². The number of hydrogen-bond donors (Lipinski definition) is 1. The maximum Gasteiger partial charge on any atom is 0.179 e. The number of aliphatic imine (C=N–C) groups is 2. The van der Waals surface area contributed by atoms with Crippen molar-refractivity contribution in [3.8, 4) is 5.69 Å². The third kappa shape index (κ3) is 3.82. The van der Waals surface area contributed by atoms with Crippen molar-refractivity contribution in [2.45, 2.75) is 19.9 Å². The molecule has 1 aromatic heterocycles. The summed E-state index contributed by atoms with van der Waals surface area (Å²) in [6.45, 7) is 4.01. The SMILES string of the molecule is Cc1ccc(NC2=Nc3ccccc3N3C2=Nc2c(c(C)nn2-c2ccccc2)[C@@H]3c2ccccc2F)cc1. The number of amidine groups is 2. The molecule has 2 aliphatic heterocycles. The molecule has 0 saturated heterocycles. The first-order valence-electron chi connectivity index (χ1n) is 12.9. The molecule has 1 N–H and O–H groups in total. The Bertz CT molecular complexity index is 1770. The van der Waals surface area contributed by atoms with Crippen molar-refractivity contribution in [1.82, 2.24) is 9.78 Å². The van der Waals surface area contributed by atoms with Crippen LogP contribution in [0.3, 0.4) is 0 Å². The van der Waals surface area contributed by atoms with Crippen LogP contribution in [0.2, 0.25) is 0 Å². The third-order valence-corrected chi connectivity index (χ3v) is 7.15. The molecule has 0 spiro atoms. The summed E-state index contributed by atoms with van der Waals surface area (Å²) in [6, 6.07) is 32.4. The molecule has 3 heterocycles. The molecule has 1 atom stereocenters. The van der Waals surface area contributed by atoms with E-state index in [0.717, 1.165) is 34.0 Å². The number of rotatable bonds is 3. The lowest BCUT2D eigenvalue weighted by Gasteiger charge is -2.40. The van der Waals surface area contributed by atoms with Crippen molar-refractivity contribution in [3.05, 3.63) is 131 Å². The molecule has 2 aliphatic rings. The zero-order valence-corrected chi connectivity index (χ0v) is 21.5. The van der Waals surface area contributed by atoms with Gasteiger partial charge in [-0.05, 0) is 56.3 Å². The largest absolute Gasteiger partial charge is 0.337 e. The second-order valence-electron chi connectivity index (χ2n) is 9.74. The molecule has 4 aromatic carbocycles. The molecule has 0 aliphatic carbocycles. The van der Waals surface area contributed by atoms with Gasteiger partial charge in [-0.3, -0.25) is 0 Å². The highest BCUT2D eigenvalue weighted by atomic mass is 19.1. The normalized spacial score (nSPS) is 15.6. The molecule has 0 fully saturated rings. The minimum atomic E-state index is -0.502. The van der Waals surface area contributed by atoms with Gasteiger partial charge in [0, 0.05) is 16.8 Å². The molecule has 0 bridgehead atoms. The predicted octanol–water partition coefficient (Wildman–Crippen LogP) is 7.42. The van der Waals surface area contributed by atoms with Crippen LogP contribution in [-0.4, -0.2) is 21.5 Å². The topological polar surface area (TPSA) is 57.8 Å². The van der Waals surface area contributed by atoms with Gasteiger partial charge in [0.05, 0.1) is 28.8 Å². The Kier molecular flexibility index (Phi) is 5.37. The average Bonchev–Trinajstić information content (AvgIpc) is 3.30. The van der Waals surface area contributed by atoms with Gasteiger partial charge in [0.1, 0.15) is 5.82 Å². The molecular formula is C32H25FN6. The Labute approximate surface area is 225 Å². The maximum atomic E-state index is 15.6. The summed E-state index contributed by atoms with van der Waals surface area (Å²) in [5, 5.41) is 8.39. The van der Waals surface area contributed by atoms with E-state index in [1.807, 2.05) is 103 Å². The number of aromatic nitrogens is 2. The molecule has 0 saturated carbocycles. The number of para-hydroxylation sites is 3. The fourth-order valence-corrected chi connectivity index (χ4v) is 5.31. The van der Waals surface area contributed by atoms with Gasteiger partial charge >= 0.3 is 0 Å². The molecule has 7 heteroatoms. The Hall–Kier alpha value is -5.04. The number of nitrogens with zero attached hydrogens (tertiary/aromatic N) is 5. The third-order valence-electron chi connectivity index (χ3n) is 7.15. The smallest absolute Gasteiger partial charge is 0.179 e. The minimum Gasteiger partial charge on any atom is -0.337 e. The first kappa shape index (κ1) is 23.1. The van der Waals surface area contributed by atoms with E-state index in [4.69, 9.17) is 15.1 Å². The summed E-state index contributed by atoms with van der Waals surface area (Å²) in [5.74, 6) is 1.57. The van der Waals surface area contributed by atoms with Crippen LogP contribution in [0.25, 0.3) is 5.69 Å². The van der Waals surface area contributed by atoms with Crippen LogP contribution in [-0.2, 0) is 0 Å². The molecule has 190 valence electrons. The van der Waals surface area contributed by atoms with Gasteiger partial charge in [0.15, 0.2) is 17.5 Å². The van der Waals surface area contributed by atoms with Gasteiger partial charge < -0.3 is 10.2 Å². The summed E-state index contributed by atoms with van der Waals surface area (Å²) in [7, 11) is 0. The van der Waals surface area contributed by atoms with E-state index in [9.17, 15) is 0 Å². The second-order valence-corrected chi connectivity index (χ2v) is 9.74. The lowest BCUT2D eigenvalue weighted by Crippen LogP contribution is -2.46. The maximum absolute atomic E-state index is 15.6. The van der Waals surface area contributed by atoms with Crippen LogP contribution in [0, 0.1) is 19.7 Å². The Morgan fingerprint density at radius 2 is 1.49 bits per heavy atom. The van der Waals surface area contributed by atoms with Gasteiger partial charge in [-0.25, -0.2) is 19.1 Å². The number of benzene rings is 4. The van der Waals surface area contributed by atoms with Crippen molar-refractivity contribution >= 4 is 34.6 Å². The van der Waals surface area contributed by atoms with E-state index in [1.54, 1.807) is 6.07 Å². The summed E-state index contributed by atoms with van der Waals surface area (Å²) in [4.78, 5) is 12.3. The van der Waals surface area contributed by atoms with E-state index in [1.165, 1.54) is 11.6 Å². The monoisotopic (exact) mass is 512 g/mol. The number of halogens is 1. The van der Waals surface area contributed by atoms with Crippen molar-refractivity contribution in [2.75, 3.05) is 10.2 Å². The predicted molar refractivity (Wildman–Crippen MR) is 154 cm³/mol. The number of anilines is 2. The van der Waals surface area contributed by atoms with Gasteiger partial charge in [-0.15, -0.1) is 0 Å². The highest BCUT2D eigenvalue weighted by molar-refractivity contribution is 6.51. The molecule has 0 amide bonds. The highest BCUT2D eigenvalue weighted by Gasteiger charge is 2.42. The zero-order chi connectivity index (χ0) is 26.5. The number of hydrogen-bond acceptors (Lipinski definition) is 5. The van der Waals surface area contributed by atoms with Gasteiger partial charge in [0.25, 0.3) is 0 Å². The summed E-state index contributed by atoms with van der Waals surface area (Å²) >= 11 is 0. The fraction of sp³-hybridized carbons (Fsp3) is 0.0938. The molecule has 39 heavy (non-hydrogen) atoms. The molecule has 6 nitrogen and oxygen atoms in total. The van der Waals surface area contributed by atoms with Crippen LogP contribution in [0.15, 0.2) is 113 Å².